The summed E-state index contributed by atoms with van der Waals surface area (Å²) in [5, 5.41) is 29.4. The highest BCUT2D eigenvalue weighted by Gasteiger charge is 2.11. The van der Waals surface area contributed by atoms with Gasteiger partial charge in [0.25, 0.3) is 0 Å². The topological polar surface area (TPSA) is 78.1 Å². The average molecular weight is 341 g/mol. The van der Waals surface area contributed by atoms with Crippen molar-refractivity contribution < 1.29 is 10.2 Å². The Labute approximate surface area is 149 Å². The highest BCUT2D eigenvalue weighted by atomic mass is 16.3. The molecule has 0 saturated carbocycles. The van der Waals surface area contributed by atoms with E-state index >= 15 is 0 Å². The third kappa shape index (κ3) is 2.98. The molecule has 0 aliphatic rings. The van der Waals surface area contributed by atoms with Crippen molar-refractivity contribution in [2.24, 2.45) is 10.2 Å². The molecule has 0 aliphatic heterocycles. The maximum Gasteiger partial charge on any atom is 0.143 e. The number of para-hydroxylation sites is 2. The fourth-order valence-corrected chi connectivity index (χ4v) is 2.71. The highest BCUT2D eigenvalue weighted by molar-refractivity contribution is 5.84. The number of aromatic hydroxyl groups is 2. The van der Waals surface area contributed by atoms with Gasteiger partial charge in [-0.1, -0.05) is 48.5 Å². The molecule has 0 fully saturated rings. The summed E-state index contributed by atoms with van der Waals surface area (Å²) in [6, 6.07) is 23.4. The molecule has 0 radical (unpaired) electrons. The van der Waals surface area contributed by atoms with Crippen molar-refractivity contribution >= 4 is 22.3 Å². The van der Waals surface area contributed by atoms with Gasteiger partial charge < -0.3 is 10.2 Å². The molecule has 5 nitrogen and oxygen atoms in total. The van der Waals surface area contributed by atoms with Crippen LogP contribution in [0.25, 0.3) is 22.2 Å². The molecule has 0 saturated heterocycles. The number of fused-ring (bicyclic) bond motifs is 1. The third-order valence-corrected chi connectivity index (χ3v) is 4.03. The van der Waals surface area contributed by atoms with Crippen molar-refractivity contribution in [3.63, 3.8) is 0 Å². The number of phenols is 2. The summed E-state index contributed by atoms with van der Waals surface area (Å²) in [4.78, 5) is 4.66. The van der Waals surface area contributed by atoms with Gasteiger partial charge in [0.05, 0.1) is 11.2 Å². The van der Waals surface area contributed by atoms with Crippen molar-refractivity contribution in [2.75, 3.05) is 0 Å². The number of hydrogen-bond acceptors (Lipinski definition) is 5. The van der Waals surface area contributed by atoms with E-state index in [2.05, 4.69) is 15.2 Å². The van der Waals surface area contributed by atoms with Crippen LogP contribution in [0.15, 0.2) is 89.1 Å². The molecule has 126 valence electrons. The van der Waals surface area contributed by atoms with Gasteiger partial charge in [0.15, 0.2) is 0 Å². The summed E-state index contributed by atoms with van der Waals surface area (Å²) in [5.74, 6) is 0.0219. The molecule has 0 amide bonds. The zero-order valence-electron chi connectivity index (χ0n) is 13.7. The van der Waals surface area contributed by atoms with Crippen LogP contribution in [-0.4, -0.2) is 15.2 Å². The molecule has 0 unspecified atom stereocenters. The average Bonchev–Trinajstić information content (AvgIpc) is 2.67. The Morgan fingerprint density at radius 3 is 2.31 bits per heavy atom. The molecular weight excluding hydrogens is 326 g/mol. The van der Waals surface area contributed by atoms with Crippen molar-refractivity contribution in [3.05, 3.63) is 78.9 Å². The van der Waals surface area contributed by atoms with Crippen molar-refractivity contribution in [1.82, 2.24) is 4.98 Å². The van der Waals surface area contributed by atoms with E-state index < -0.39 is 0 Å². The van der Waals surface area contributed by atoms with Crippen LogP contribution >= 0.6 is 0 Å². The van der Waals surface area contributed by atoms with Gasteiger partial charge in [-0.3, -0.25) is 0 Å². The molecular formula is C21H15N3O2. The zero-order valence-corrected chi connectivity index (χ0v) is 13.7. The van der Waals surface area contributed by atoms with Crippen LogP contribution in [0.2, 0.25) is 0 Å². The van der Waals surface area contributed by atoms with Gasteiger partial charge in [0, 0.05) is 10.9 Å². The van der Waals surface area contributed by atoms with E-state index in [0.717, 1.165) is 10.9 Å². The van der Waals surface area contributed by atoms with Crippen LogP contribution in [0.4, 0.5) is 11.4 Å². The van der Waals surface area contributed by atoms with E-state index in [1.807, 2.05) is 42.5 Å². The molecule has 1 aromatic heterocycles. The lowest BCUT2D eigenvalue weighted by Gasteiger charge is -2.07. The number of pyridine rings is 1. The fraction of sp³-hybridized carbons (Fsp3) is 0. The Balaban J connectivity index is 1.82. The molecule has 26 heavy (non-hydrogen) atoms. The summed E-state index contributed by atoms with van der Waals surface area (Å²) < 4.78 is 0. The smallest absolute Gasteiger partial charge is 0.143 e. The van der Waals surface area contributed by atoms with Gasteiger partial charge >= 0.3 is 0 Å². The van der Waals surface area contributed by atoms with E-state index in [9.17, 15) is 10.2 Å². The molecule has 4 aromatic rings. The van der Waals surface area contributed by atoms with Crippen LogP contribution in [0.3, 0.4) is 0 Å². The minimum atomic E-state index is -0.00312. The van der Waals surface area contributed by atoms with Gasteiger partial charge in [-0.15, -0.1) is 10.2 Å². The molecule has 5 heteroatoms. The lowest BCUT2D eigenvalue weighted by atomic mass is 10.1. The standard InChI is InChI=1S/C21H15N3O2/c25-19-10-4-3-9-18(19)23-24-21-15(7-5-11-20(21)26)17-13-12-14-6-1-2-8-16(14)22-17/h1-13,25-26H. The van der Waals surface area contributed by atoms with Crippen molar-refractivity contribution in [2.45, 2.75) is 0 Å². The Hall–Kier alpha value is -3.73. The monoisotopic (exact) mass is 341 g/mol. The minimum Gasteiger partial charge on any atom is -0.506 e. The first-order chi connectivity index (χ1) is 12.7. The molecule has 2 N–H and O–H groups in total. The fourth-order valence-electron chi connectivity index (χ4n) is 2.71. The minimum absolute atomic E-state index is 0.00312. The SMILES string of the molecule is Oc1ccccc1N=Nc1c(O)cccc1-c1ccc2ccccc2n1. The first-order valence-corrected chi connectivity index (χ1v) is 8.10. The number of phenolic OH excluding ortho intramolecular Hbond substituents is 2. The summed E-state index contributed by atoms with van der Waals surface area (Å²) >= 11 is 0. The Bertz CT molecular complexity index is 1120. The summed E-state index contributed by atoms with van der Waals surface area (Å²) in [6.45, 7) is 0. The molecule has 4 rings (SSSR count). The van der Waals surface area contributed by atoms with Gasteiger partial charge in [-0.05, 0) is 30.3 Å². The second kappa shape index (κ2) is 6.64. The van der Waals surface area contributed by atoms with E-state index in [-0.39, 0.29) is 11.5 Å². The lowest BCUT2D eigenvalue weighted by molar-refractivity contribution is 0.474. The number of benzene rings is 3. The predicted molar refractivity (Wildman–Crippen MR) is 101 cm³/mol. The lowest BCUT2D eigenvalue weighted by Crippen LogP contribution is -1.86. The normalized spacial score (nSPS) is 11.2. The second-order valence-corrected chi connectivity index (χ2v) is 5.75. The number of azo groups is 1. The second-order valence-electron chi connectivity index (χ2n) is 5.75. The van der Waals surface area contributed by atoms with E-state index in [0.29, 0.717) is 22.6 Å². The molecule has 0 aliphatic carbocycles. The summed E-state index contributed by atoms with van der Waals surface area (Å²) in [6.07, 6.45) is 0. The van der Waals surface area contributed by atoms with Crippen LogP contribution in [-0.2, 0) is 0 Å². The number of aromatic nitrogens is 1. The Morgan fingerprint density at radius 2 is 1.42 bits per heavy atom. The first kappa shape index (κ1) is 15.8. The van der Waals surface area contributed by atoms with Gasteiger partial charge in [0.2, 0.25) is 0 Å². The summed E-state index contributed by atoms with van der Waals surface area (Å²) in [7, 11) is 0. The predicted octanol–water partition coefficient (Wildman–Crippen LogP) is 5.73. The van der Waals surface area contributed by atoms with Crippen LogP contribution < -0.4 is 0 Å². The Kier molecular flexibility index (Phi) is 4.03. The molecule has 0 spiro atoms. The van der Waals surface area contributed by atoms with Crippen molar-refractivity contribution in [3.8, 4) is 22.8 Å². The largest absolute Gasteiger partial charge is 0.506 e. The quantitative estimate of drug-likeness (QED) is 0.467. The molecule has 1 heterocycles. The summed E-state index contributed by atoms with van der Waals surface area (Å²) in [5.41, 5.74) is 2.84. The zero-order chi connectivity index (χ0) is 17.9. The Morgan fingerprint density at radius 1 is 0.654 bits per heavy atom. The number of nitrogens with zero attached hydrogens (tertiary/aromatic N) is 3. The van der Waals surface area contributed by atoms with Crippen LogP contribution in [0.5, 0.6) is 11.5 Å². The van der Waals surface area contributed by atoms with E-state index in [4.69, 9.17) is 0 Å². The first-order valence-electron chi connectivity index (χ1n) is 8.10. The van der Waals surface area contributed by atoms with Crippen LogP contribution in [0, 0.1) is 0 Å². The van der Waals surface area contributed by atoms with E-state index in [1.165, 1.54) is 6.07 Å². The maximum atomic E-state index is 10.3. The molecule has 0 atom stereocenters. The van der Waals surface area contributed by atoms with Gasteiger partial charge in [0.1, 0.15) is 22.9 Å². The van der Waals surface area contributed by atoms with Crippen molar-refractivity contribution in [1.29, 1.82) is 0 Å². The van der Waals surface area contributed by atoms with Gasteiger partial charge in [-0.2, -0.15) is 0 Å². The molecule has 0 bridgehead atoms. The third-order valence-electron chi connectivity index (χ3n) is 4.03. The highest BCUT2D eigenvalue weighted by Crippen LogP contribution is 2.39. The number of hydrogen-bond donors (Lipinski definition) is 2. The van der Waals surface area contributed by atoms with Crippen LogP contribution in [0.1, 0.15) is 0 Å². The van der Waals surface area contributed by atoms with E-state index in [1.54, 1.807) is 30.3 Å². The molecule has 3 aromatic carbocycles. The number of rotatable bonds is 3. The van der Waals surface area contributed by atoms with Gasteiger partial charge in [-0.25, -0.2) is 4.98 Å². The maximum absolute atomic E-state index is 10.3.